The van der Waals surface area contributed by atoms with Crippen molar-refractivity contribution < 1.29 is 13.9 Å². The predicted molar refractivity (Wildman–Crippen MR) is 72.1 cm³/mol. The molecule has 0 aromatic heterocycles. The summed E-state index contributed by atoms with van der Waals surface area (Å²) in [5.74, 6) is -0.231. The first-order chi connectivity index (χ1) is 9.08. The Kier molecular flexibility index (Phi) is 4.91. The Balaban J connectivity index is 1.94. The topological polar surface area (TPSA) is 44.5 Å². The second-order valence-corrected chi connectivity index (χ2v) is 5.29. The normalized spacial score (nSPS) is 27.5. The second kappa shape index (κ2) is 6.46. The van der Waals surface area contributed by atoms with Crippen LogP contribution < -0.4 is 5.73 Å². The summed E-state index contributed by atoms with van der Waals surface area (Å²) in [5.41, 5.74) is 7.07. The van der Waals surface area contributed by atoms with Gasteiger partial charge in [-0.05, 0) is 44.4 Å². The number of rotatable bonds is 4. The number of benzene rings is 1. The van der Waals surface area contributed by atoms with E-state index in [-0.39, 0.29) is 24.1 Å². The lowest BCUT2D eigenvalue weighted by atomic mass is 10.0. The Bertz CT molecular complexity index is 415. The van der Waals surface area contributed by atoms with Gasteiger partial charge < -0.3 is 15.2 Å². The molecule has 2 unspecified atom stereocenters. The van der Waals surface area contributed by atoms with Crippen LogP contribution in [0.4, 0.5) is 4.39 Å². The number of hydrogen-bond acceptors (Lipinski definition) is 3. The highest BCUT2D eigenvalue weighted by Gasteiger charge is 2.25. The molecule has 4 heteroatoms. The molecule has 2 atom stereocenters. The first-order valence-corrected chi connectivity index (χ1v) is 6.83. The Hall–Kier alpha value is -0.970. The van der Waals surface area contributed by atoms with Crippen molar-refractivity contribution in [2.45, 2.75) is 58.2 Å². The largest absolute Gasteiger partial charge is 0.375 e. The van der Waals surface area contributed by atoms with Crippen LogP contribution in [-0.2, 0) is 22.6 Å². The molecule has 1 aromatic rings. The number of halogens is 1. The molecule has 0 aliphatic carbocycles. The van der Waals surface area contributed by atoms with E-state index in [1.54, 1.807) is 12.1 Å². The Morgan fingerprint density at radius 1 is 1.32 bits per heavy atom. The van der Waals surface area contributed by atoms with E-state index >= 15 is 0 Å². The van der Waals surface area contributed by atoms with E-state index in [0.29, 0.717) is 18.7 Å². The minimum Gasteiger partial charge on any atom is -0.375 e. The molecular formula is C15H22FNO2. The first kappa shape index (κ1) is 14.4. The summed E-state index contributed by atoms with van der Waals surface area (Å²) in [6.07, 6.45) is 2.27. The van der Waals surface area contributed by atoms with Gasteiger partial charge in [-0.25, -0.2) is 4.39 Å². The Labute approximate surface area is 113 Å². The van der Waals surface area contributed by atoms with Crippen LogP contribution in [0.5, 0.6) is 0 Å². The molecule has 2 N–H and O–H groups in total. The van der Waals surface area contributed by atoms with Crippen molar-refractivity contribution in [2.24, 2.45) is 5.73 Å². The van der Waals surface area contributed by atoms with E-state index in [2.05, 4.69) is 0 Å². The van der Waals surface area contributed by atoms with Crippen LogP contribution in [-0.4, -0.2) is 18.3 Å². The summed E-state index contributed by atoms with van der Waals surface area (Å²) in [7, 11) is 0. The van der Waals surface area contributed by atoms with Gasteiger partial charge in [-0.15, -0.1) is 0 Å². The molecule has 0 saturated carbocycles. The fraction of sp³-hybridized carbons (Fsp3) is 0.600. The Morgan fingerprint density at radius 2 is 2.00 bits per heavy atom. The zero-order valence-electron chi connectivity index (χ0n) is 11.6. The van der Waals surface area contributed by atoms with Crippen molar-refractivity contribution in [1.82, 2.24) is 0 Å². The lowest BCUT2D eigenvalue weighted by molar-refractivity contribution is -0.106. The van der Waals surface area contributed by atoms with E-state index in [1.807, 2.05) is 13.8 Å². The maximum Gasteiger partial charge on any atom is 0.128 e. The molecule has 3 nitrogen and oxygen atoms in total. The molecule has 1 fully saturated rings. The standard InChI is InChI=1S/C15H22FNO2/c1-10-5-14(6-11(2)19-10)18-9-13-7-12(8-17)3-4-15(13)16/h3-4,7,10-11,14H,5-6,8-9,17H2,1-2H3. The fourth-order valence-corrected chi connectivity index (χ4v) is 2.55. The zero-order chi connectivity index (χ0) is 13.8. The minimum atomic E-state index is -0.231. The molecule has 0 bridgehead atoms. The molecule has 1 aromatic carbocycles. The van der Waals surface area contributed by atoms with Crippen LogP contribution in [0, 0.1) is 5.82 Å². The molecule has 1 aliphatic rings. The molecule has 2 rings (SSSR count). The lowest BCUT2D eigenvalue weighted by Crippen LogP contribution is -2.34. The molecule has 1 saturated heterocycles. The minimum absolute atomic E-state index is 0.139. The Morgan fingerprint density at radius 3 is 2.63 bits per heavy atom. The van der Waals surface area contributed by atoms with Gasteiger partial charge >= 0.3 is 0 Å². The first-order valence-electron chi connectivity index (χ1n) is 6.83. The lowest BCUT2D eigenvalue weighted by Gasteiger charge is -2.32. The van der Waals surface area contributed by atoms with Crippen molar-refractivity contribution in [3.05, 3.63) is 35.1 Å². The van der Waals surface area contributed by atoms with Gasteiger partial charge in [-0.3, -0.25) is 0 Å². The quantitative estimate of drug-likeness (QED) is 0.912. The fourth-order valence-electron chi connectivity index (χ4n) is 2.55. The summed E-state index contributed by atoms with van der Waals surface area (Å²) in [4.78, 5) is 0. The average Bonchev–Trinajstić information content (AvgIpc) is 2.37. The smallest absolute Gasteiger partial charge is 0.128 e. The van der Waals surface area contributed by atoms with Gasteiger partial charge in [0.1, 0.15) is 5.82 Å². The van der Waals surface area contributed by atoms with Crippen LogP contribution in [0.3, 0.4) is 0 Å². The average molecular weight is 267 g/mol. The molecule has 1 heterocycles. The molecule has 106 valence electrons. The molecule has 1 aliphatic heterocycles. The summed E-state index contributed by atoms with van der Waals surface area (Å²) < 4.78 is 25.2. The zero-order valence-corrected chi connectivity index (χ0v) is 11.6. The summed E-state index contributed by atoms with van der Waals surface area (Å²) >= 11 is 0. The number of hydrogen-bond donors (Lipinski definition) is 1. The number of nitrogens with two attached hydrogens (primary N) is 1. The van der Waals surface area contributed by atoms with E-state index < -0.39 is 0 Å². The van der Waals surface area contributed by atoms with Gasteiger partial charge in [0.15, 0.2) is 0 Å². The van der Waals surface area contributed by atoms with Gasteiger partial charge in [0.2, 0.25) is 0 Å². The van der Waals surface area contributed by atoms with Crippen molar-refractivity contribution in [2.75, 3.05) is 0 Å². The van der Waals surface area contributed by atoms with Crippen LogP contribution in [0.1, 0.15) is 37.8 Å². The van der Waals surface area contributed by atoms with Crippen LogP contribution in [0.15, 0.2) is 18.2 Å². The molecule has 0 amide bonds. The van der Waals surface area contributed by atoms with Crippen molar-refractivity contribution in [3.63, 3.8) is 0 Å². The summed E-state index contributed by atoms with van der Waals surface area (Å²) in [6, 6.07) is 4.94. The van der Waals surface area contributed by atoms with Gasteiger partial charge in [-0.1, -0.05) is 6.07 Å². The van der Waals surface area contributed by atoms with E-state index in [1.165, 1.54) is 6.07 Å². The van der Waals surface area contributed by atoms with E-state index in [9.17, 15) is 4.39 Å². The highest BCUT2D eigenvalue weighted by Crippen LogP contribution is 2.23. The molecular weight excluding hydrogens is 245 g/mol. The monoisotopic (exact) mass is 267 g/mol. The van der Waals surface area contributed by atoms with Gasteiger partial charge in [0, 0.05) is 12.1 Å². The maximum absolute atomic E-state index is 13.7. The van der Waals surface area contributed by atoms with Crippen molar-refractivity contribution in [1.29, 1.82) is 0 Å². The number of ether oxygens (including phenoxy) is 2. The van der Waals surface area contributed by atoms with Crippen LogP contribution in [0.2, 0.25) is 0 Å². The third-order valence-corrected chi connectivity index (χ3v) is 3.47. The third kappa shape index (κ3) is 4.00. The van der Waals surface area contributed by atoms with Gasteiger partial charge in [0.05, 0.1) is 24.9 Å². The summed E-state index contributed by atoms with van der Waals surface area (Å²) in [5, 5.41) is 0. The maximum atomic E-state index is 13.7. The molecule has 0 spiro atoms. The van der Waals surface area contributed by atoms with E-state index in [0.717, 1.165) is 18.4 Å². The SMILES string of the molecule is CC1CC(OCc2cc(CN)ccc2F)CC(C)O1. The van der Waals surface area contributed by atoms with E-state index in [4.69, 9.17) is 15.2 Å². The van der Waals surface area contributed by atoms with Gasteiger partial charge in [0.25, 0.3) is 0 Å². The third-order valence-electron chi connectivity index (χ3n) is 3.47. The predicted octanol–water partition coefficient (Wildman–Crippen LogP) is 2.76. The van der Waals surface area contributed by atoms with Crippen molar-refractivity contribution in [3.8, 4) is 0 Å². The summed E-state index contributed by atoms with van der Waals surface area (Å²) in [6.45, 7) is 4.80. The highest BCUT2D eigenvalue weighted by atomic mass is 19.1. The van der Waals surface area contributed by atoms with Crippen molar-refractivity contribution >= 4 is 0 Å². The van der Waals surface area contributed by atoms with Crippen LogP contribution >= 0.6 is 0 Å². The highest BCUT2D eigenvalue weighted by molar-refractivity contribution is 5.24. The second-order valence-electron chi connectivity index (χ2n) is 5.29. The van der Waals surface area contributed by atoms with Crippen LogP contribution in [0.25, 0.3) is 0 Å². The molecule has 19 heavy (non-hydrogen) atoms. The van der Waals surface area contributed by atoms with Gasteiger partial charge in [-0.2, -0.15) is 0 Å². The molecule has 0 radical (unpaired) electrons.